The molecule has 1 unspecified atom stereocenters. The zero-order valence-corrected chi connectivity index (χ0v) is 15.9. The zero-order valence-electron chi connectivity index (χ0n) is 15.0. The van der Waals surface area contributed by atoms with Crippen LogP contribution in [0.3, 0.4) is 0 Å². The maximum absolute atomic E-state index is 4.32. The highest BCUT2D eigenvalue weighted by Gasteiger charge is 2.07. The molecule has 4 nitrogen and oxygen atoms in total. The number of nitrogens with zero attached hydrogens (tertiary/aromatic N) is 2. The topological polar surface area (TPSA) is 39.7 Å². The lowest BCUT2D eigenvalue weighted by Gasteiger charge is -2.16. The average Bonchev–Trinajstić information content (AvgIpc) is 3.09. The molecule has 0 aliphatic heterocycles. The number of hydrogen-bond acceptors (Lipinski definition) is 3. The third-order valence-corrected chi connectivity index (χ3v) is 4.88. The molecule has 0 aliphatic rings. The van der Waals surface area contributed by atoms with Crippen molar-refractivity contribution < 1.29 is 0 Å². The van der Waals surface area contributed by atoms with Crippen LogP contribution in [0.1, 0.15) is 28.8 Å². The molecular formula is C19H28N4S. The van der Waals surface area contributed by atoms with Gasteiger partial charge in [0.2, 0.25) is 0 Å². The molecule has 0 bridgehead atoms. The fraction of sp³-hybridized carbons (Fsp3) is 0.421. The summed E-state index contributed by atoms with van der Waals surface area (Å²) in [5.41, 5.74) is 2.59. The first-order valence-corrected chi connectivity index (χ1v) is 9.17. The number of benzene rings is 1. The van der Waals surface area contributed by atoms with E-state index in [-0.39, 0.29) is 0 Å². The summed E-state index contributed by atoms with van der Waals surface area (Å²) in [6.07, 6.45) is 0. The molecule has 5 heteroatoms. The van der Waals surface area contributed by atoms with Gasteiger partial charge in [-0.2, -0.15) is 0 Å². The Morgan fingerprint density at radius 3 is 2.62 bits per heavy atom. The van der Waals surface area contributed by atoms with Gasteiger partial charge >= 0.3 is 0 Å². The van der Waals surface area contributed by atoms with Gasteiger partial charge in [-0.1, -0.05) is 37.3 Å². The predicted molar refractivity (Wildman–Crippen MR) is 105 cm³/mol. The van der Waals surface area contributed by atoms with Crippen molar-refractivity contribution in [3.63, 3.8) is 0 Å². The monoisotopic (exact) mass is 344 g/mol. The molecule has 1 aromatic carbocycles. The van der Waals surface area contributed by atoms with Crippen molar-refractivity contribution >= 4 is 17.3 Å². The van der Waals surface area contributed by atoms with Gasteiger partial charge in [0.05, 0.1) is 0 Å². The van der Waals surface area contributed by atoms with Gasteiger partial charge in [0.25, 0.3) is 0 Å². The van der Waals surface area contributed by atoms with E-state index >= 15 is 0 Å². The van der Waals surface area contributed by atoms with E-state index < -0.39 is 0 Å². The molecule has 0 spiro atoms. The molecule has 0 radical (unpaired) electrons. The van der Waals surface area contributed by atoms with Crippen molar-refractivity contribution in [1.29, 1.82) is 0 Å². The fourth-order valence-electron chi connectivity index (χ4n) is 2.53. The Morgan fingerprint density at radius 2 is 1.96 bits per heavy atom. The molecule has 1 atom stereocenters. The third kappa shape index (κ3) is 5.98. The minimum Gasteiger partial charge on any atom is -0.356 e. The van der Waals surface area contributed by atoms with Crippen LogP contribution in [0.5, 0.6) is 0 Å². The van der Waals surface area contributed by atoms with Crippen molar-refractivity contribution in [2.24, 2.45) is 4.99 Å². The van der Waals surface area contributed by atoms with E-state index in [1.807, 2.05) is 7.05 Å². The highest BCUT2D eigenvalue weighted by Crippen LogP contribution is 2.19. The molecule has 0 saturated carbocycles. The molecule has 1 heterocycles. The average molecular weight is 345 g/mol. The number of hydrogen-bond donors (Lipinski definition) is 2. The van der Waals surface area contributed by atoms with E-state index in [0.29, 0.717) is 5.92 Å². The van der Waals surface area contributed by atoms with E-state index in [0.717, 1.165) is 25.6 Å². The SMILES string of the molecule is CN=C(NCc1cccc(CN(C)C)c1)NCC(C)c1cccs1. The third-order valence-electron chi connectivity index (χ3n) is 3.78. The number of thiophene rings is 1. The minimum atomic E-state index is 0.479. The number of guanidine groups is 1. The second kappa shape index (κ2) is 9.45. The Labute approximate surface area is 149 Å². The molecule has 0 aliphatic carbocycles. The van der Waals surface area contributed by atoms with Crippen LogP contribution in [-0.4, -0.2) is 38.5 Å². The number of aliphatic imine (C=N–C) groups is 1. The van der Waals surface area contributed by atoms with Gasteiger partial charge < -0.3 is 15.5 Å². The molecule has 0 fully saturated rings. The van der Waals surface area contributed by atoms with Gasteiger partial charge in [0, 0.05) is 37.5 Å². The largest absolute Gasteiger partial charge is 0.356 e. The van der Waals surface area contributed by atoms with Crippen molar-refractivity contribution in [2.75, 3.05) is 27.7 Å². The summed E-state index contributed by atoms with van der Waals surface area (Å²) >= 11 is 1.80. The Morgan fingerprint density at radius 1 is 1.17 bits per heavy atom. The quantitative estimate of drug-likeness (QED) is 0.598. The van der Waals surface area contributed by atoms with Crippen LogP contribution >= 0.6 is 11.3 Å². The summed E-state index contributed by atoms with van der Waals surface area (Å²) in [7, 11) is 5.99. The Kier molecular flexibility index (Phi) is 7.28. The maximum atomic E-state index is 4.32. The zero-order chi connectivity index (χ0) is 17.4. The van der Waals surface area contributed by atoms with Crippen LogP contribution in [0.25, 0.3) is 0 Å². The minimum absolute atomic E-state index is 0.479. The van der Waals surface area contributed by atoms with Crippen molar-refractivity contribution in [2.45, 2.75) is 25.9 Å². The molecule has 24 heavy (non-hydrogen) atoms. The normalized spacial score (nSPS) is 13.1. The second-order valence-electron chi connectivity index (χ2n) is 6.28. The lowest BCUT2D eigenvalue weighted by molar-refractivity contribution is 0.402. The molecule has 130 valence electrons. The number of nitrogens with one attached hydrogen (secondary N) is 2. The lowest BCUT2D eigenvalue weighted by atomic mass is 10.1. The smallest absolute Gasteiger partial charge is 0.191 e. The highest BCUT2D eigenvalue weighted by atomic mass is 32.1. The Bertz CT molecular complexity index is 635. The van der Waals surface area contributed by atoms with Gasteiger partial charge in [-0.25, -0.2) is 0 Å². The second-order valence-corrected chi connectivity index (χ2v) is 7.26. The van der Waals surface area contributed by atoms with Crippen molar-refractivity contribution in [1.82, 2.24) is 15.5 Å². The molecule has 0 amide bonds. The number of rotatable bonds is 7. The van der Waals surface area contributed by atoms with Crippen LogP contribution in [0, 0.1) is 0 Å². The van der Waals surface area contributed by atoms with Gasteiger partial charge in [-0.3, -0.25) is 4.99 Å². The molecule has 2 N–H and O–H groups in total. The van der Waals surface area contributed by atoms with Crippen LogP contribution < -0.4 is 10.6 Å². The first-order valence-electron chi connectivity index (χ1n) is 8.29. The summed E-state index contributed by atoms with van der Waals surface area (Å²) < 4.78 is 0. The summed E-state index contributed by atoms with van der Waals surface area (Å²) in [5.74, 6) is 1.32. The fourth-order valence-corrected chi connectivity index (χ4v) is 3.32. The van der Waals surface area contributed by atoms with E-state index in [4.69, 9.17) is 0 Å². The lowest BCUT2D eigenvalue weighted by Crippen LogP contribution is -2.38. The van der Waals surface area contributed by atoms with Crippen molar-refractivity contribution in [3.8, 4) is 0 Å². The van der Waals surface area contributed by atoms with Gasteiger partial charge in [-0.15, -0.1) is 11.3 Å². The summed E-state index contributed by atoms with van der Waals surface area (Å²) in [4.78, 5) is 7.89. The summed E-state index contributed by atoms with van der Waals surface area (Å²) in [6.45, 7) is 4.84. The van der Waals surface area contributed by atoms with E-state index in [1.165, 1.54) is 16.0 Å². The van der Waals surface area contributed by atoms with Gasteiger partial charge in [-0.05, 0) is 36.7 Å². The molecule has 2 rings (SSSR count). The summed E-state index contributed by atoms with van der Waals surface area (Å²) in [6, 6.07) is 13.0. The standard InChI is InChI=1S/C19H28N4S/c1-15(18-9-6-10-24-18)12-21-19(20-2)22-13-16-7-5-8-17(11-16)14-23(3)4/h5-11,15H,12-14H2,1-4H3,(H2,20,21,22). The van der Waals surface area contributed by atoms with Crippen molar-refractivity contribution in [3.05, 3.63) is 57.8 Å². The Balaban J connectivity index is 1.83. The Hall–Kier alpha value is -1.85. The van der Waals surface area contributed by atoms with Crippen LogP contribution in [0.4, 0.5) is 0 Å². The predicted octanol–water partition coefficient (Wildman–Crippen LogP) is 3.28. The van der Waals surface area contributed by atoms with E-state index in [1.54, 1.807) is 11.3 Å². The first-order chi connectivity index (χ1) is 11.6. The summed E-state index contributed by atoms with van der Waals surface area (Å²) in [5, 5.41) is 8.93. The van der Waals surface area contributed by atoms with Gasteiger partial charge in [0.15, 0.2) is 5.96 Å². The maximum Gasteiger partial charge on any atom is 0.191 e. The molecule has 1 aromatic heterocycles. The molecule has 0 saturated heterocycles. The molecular weight excluding hydrogens is 316 g/mol. The van der Waals surface area contributed by atoms with E-state index in [2.05, 4.69) is 83.3 Å². The van der Waals surface area contributed by atoms with Crippen LogP contribution in [0.15, 0.2) is 46.8 Å². The van der Waals surface area contributed by atoms with Crippen LogP contribution in [0.2, 0.25) is 0 Å². The highest BCUT2D eigenvalue weighted by molar-refractivity contribution is 7.10. The first kappa shape index (κ1) is 18.5. The van der Waals surface area contributed by atoms with Crippen LogP contribution in [-0.2, 0) is 13.1 Å². The van der Waals surface area contributed by atoms with E-state index in [9.17, 15) is 0 Å². The molecule has 2 aromatic rings. The van der Waals surface area contributed by atoms with Gasteiger partial charge in [0.1, 0.15) is 0 Å².